The van der Waals surface area contributed by atoms with Crippen molar-refractivity contribution >= 4 is 11.4 Å². The van der Waals surface area contributed by atoms with Crippen LogP contribution in [0.4, 0.5) is 15.8 Å². The minimum atomic E-state index is -0.531. The first-order chi connectivity index (χ1) is 9.26. The summed E-state index contributed by atoms with van der Waals surface area (Å²) >= 11 is 0. The fourth-order valence-electron chi connectivity index (χ4n) is 1.81. The molecule has 19 heavy (non-hydrogen) atoms. The molecule has 96 valence electrons. The normalized spacial score (nSPS) is 9.95. The Hall–Kier alpha value is -2.38. The van der Waals surface area contributed by atoms with Crippen molar-refractivity contribution in [2.75, 3.05) is 12.4 Å². The lowest BCUT2D eigenvalue weighted by molar-refractivity contribution is 0.185. The van der Waals surface area contributed by atoms with Crippen molar-refractivity contribution in [2.24, 2.45) is 0 Å². The molecule has 0 saturated heterocycles. The number of hydrogen-bond acceptors (Lipinski definition) is 3. The summed E-state index contributed by atoms with van der Waals surface area (Å²) in [5.74, 6) is -0.531. The van der Waals surface area contributed by atoms with Gasteiger partial charge in [-0.15, -0.1) is 0 Å². The van der Waals surface area contributed by atoms with E-state index in [0.29, 0.717) is 12.3 Å². The molecule has 0 aliphatic heterocycles. The summed E-state index contributed by atoms with van der Waals surface area (Å²) in [6.07, 6.45) is 0. The number of nitrogens with zero attached hydrogens (tertiary/aromatic N) is 1. The Morgan fingerprint density at radius 3 is 2.63 bits per heavy atom. The minimum absolute atomic E-state index is 0.00900. The largest absolute Gasteiger partial charge is 0.380 e. The highest BCUT2D eigenvalue weighted by atomic mass is 19.1. The summed E-state index contributed by atoms with van der Waals surface area (Å²) in [5.41, 5.74) is 2.20. The first-order valence-corrected chi connectivity index (χ1v) is 5.78. The van der Waals surface area contributed by atoms with Crippen molar-refractivity contribution < 1.29 is 9.13 Å². The van der Waals surface area contributed by atoms with Gasteiger partial charge in [-0.2, -0.15) is 5.26 Å². The summed E-state index contributed by atoms with van der Waals surface area (Å²) < 4.78 is 18.6. The van der Waals surface area contributed by atoms with Crippen molar-refractivity contribution in [2.45, 2.75) is 6.61 Å². The van der Waals surface area contributed by atoms with Gasteiger partial charge in [-0.05, 0) is 18.2 Å². The van der Waals surface area contributed by atoms with Crippen LogP contribution in [0.5, 0.6) is 0 Å². The van der Waals surface area contributed by atoms with E-state index in [9.17, 15) is 4.39 Å². The van der Waals surface area contributed by atoms with Crippen molar-refractivity contribution in [3.63, 3.8) is 0 Å². The van der Waals surface area contributed by atoms with Crippen LogP contribution in [0.2, 0.25) is 0 Å². The molecule has 0 unspecified atom stereocenters. The van der Waals surface area contributed by atoms with Gasteiger partial charge in [-0.1, -0.05) is 24.3 Å². The number of halogens is 1. The number of nitriles is 1. The molecule has 0 aromatic heterocycles. The molecule has 0 saturated carbocycles. The number of ether oxygens (including phenoxy) is 1. The van der Waals surface area contributed by atoms with Gasteiger partial charge in [0.05, 0.1) is 12.3 Å². The smallest absolute Gasteiger partial charge is 0.143 e. The molecule has 3 nitrogen and oxygen atoms in total. The van der Waals surface area contributed by atoms with Gasteiger partial charge in [0.15, 0.2) is 0 Å². The molecule has 2 aromatic carbocycles. The Morgan fingerprint density at radius 1 is 1.16 bits per heavy atom. The van der Waals surface area contributed by atoms with Crippen LogP contribution in [0, 0.1) is 17.1 Å². The molecule has 0 radical (unpaired) electrons. The monoisotopic (exact) mass is 256 g/mol. The molecule has 0 aliphatic carbocycles. The second kappa shape index (κ2) is 5.98. The molecule has 0 atom stereocenters. The van der Waals surface area contributed by atoms with E-state index in [1.807, 2.05) is 30.3 Å². The van der Waals surface area contributed by atoms with Crippen molar-refractivity contribution in [1.29, 1.82) is 5.26 Å². The van der Waals surface area contributed by atoms with E-state index in [1.54, 1.807) is 19.2 Å². The number of benzene rings is 2. The van der Waals surface area contributed by atoms with E-state index >= 15 is 0 Å². The fourth-order valence-corrected chi connectivity index (χ4v) is 1.81. The van der Waals surface area contributed by atoms with Gasteiger partial charge in [0.2, 0.25) is 0 Å². The summed E-state index contributed by atoms with van der Waals surface area (Å²) in [5, 5.41) is 12.1. The number of hydrogen-bond donors (Lipinski definition) is 1. The average molecular weight is 256 g/mol. The summed E-state index contributed by atoms with van der Waals surface area (Å²) in [6.45, 7) is 0.445. The van der Waals surface area contributed by atoms with E-state index in [1.165, 1.54) is 6.07 Å². The lowest BCUT2D eigenvalue weighted by Gasteiger charge is -2.12. The number of anilines is 2. The number of nitrogens with one attached hydrogen (secondary N) is 1. The maximum Gasteiger partial charge on any atom is 0.143 e. The van der Waals surface area contributed by atoms with E-state index in [4.69, 9.17) is 10.00 Å². The Kier molecular flexibility index (Phi) is 4.11. The molecule has 0 bridgehead atoms. The molecule has 0 aliphatic rings. The lowest BCUT2D eigenvalue weighted by atomic mass is 10.1. The zero-order chi connectivity index (χ0) is 13.7. The van der Waals surface area contributed by atoms with E-state index < -0.39 is 5.82 Å². The molecular weight excluding hydrogens is 243 g/mol. The highest BCUT2D eigenvalue weighted by molar-refractivity contribution is 5.68. The third-order valence-electron chi connectivity index (χ3n) is 2.71. The molecule has 0 fully saturated rings. The van der Waals surface area contributed by atoms with E-state index in [-0.39, 0.29) is 5.56 Å². The molecule has 1 N–H and O–H groups in total. The maximum atomic E-state index is 13.5. The van der Waals surface area contributed by atoms with Crippen LogP contribution in [0.25, 0.3) is 0 Å². The summed E-state index contributed by atoms with van der Waals surface area (Å²) in [7, 11) is 1.61. The van der Waals surface area contributed by atoms with Crippen molar-refractivity contribution in [3.8, 4) is 6.07 Å². The standard InChI is InChI=1S/C15H13FN2O/c1-19-10-11-5-2-3-7-14(11)18-15-8-4-6-13(16)12(15)9-17/h2-8,18H,10H2,1H3. The predicted molar refractivity (Wildman–Crippen MR) is 71.6 cm³/mol. The Balaban J connectivity index is 2.37. The highest BCUT2D eigenvalue weighted by Gasteiger charge is 2.09. The second-order valence-electron chi connectivity index (χ2n) is 3.99. The zero-order valence-electron chi connectivity index (χ0n) is 10.5. The topological polar surface area (TPSA) is 45.0 Å². The van der Waals surface area contributed by atoms with Gasteiger partial charge in [-0.3, -0.25) is 0 Å². The van der Waals surface area contributed by atoms with Crippen LogP contribution >= 0.6 is 0 Å². The van der Waals surface area contributed by atoms with Crippen LogP contribution in [0.3, 0.4) is 0 Å². The van der Waals surface area contributed by atoms with Crippen LogP contribution in [-0.2, 0) is 11.3 Å². The van der Waals surface area contributed by atoms with Crippen LogP contribution in [0.1, 0.15) is 11.1 Å². The first kappa shape index (κ1) is 13.1. The van der Waals surface area contributed by atoms with E-state index in [2.05, 4.69) is 5.32 Å². The van der Waals surface area contributed by atoms with Gasteiger partial charge in [0.25, 0.3) is 0 Å². The Morgan fingerprint density at radius 2 is 1.89 bits per heavy atom. The fraction of sp³-hybridized carbons (Fsp3) is 0.133. The minimum Gasteiger partial charge on any atom is -0.380 e. The third kappa shape index (κ3) is 2.90. The molecule has 0 spiro atoms. The Bertz CT molecular complexity index is 620. The predicted octanol–water partition coefficient (Wildman–Crippen LogP) is 3.59. The van der Waals surface area contributed by atoms with Crippen LogP contribution < -0.4 is 5.32 Å². The average Bonchev–Trinajstić information content (AvgIpc) is 2.41. The maximum absolute atomic E-state index is 13.5. The van der Waals surface area contributed by atoms with Gasteiger partial charge < -0.3 is 10.1 Å². The third-order valence-corrected chi connectivity index (χ3v) is 2.71. The Labute approximate surface area is 111 Å². The number of rotatable bonds is 4. The van der Waals surface area contributed by atoms with Crippen molar-refractivity contribution in [1.82, 2.24) is 0 Å². The zero-order valence-corrected chi connectivity index (χ0v) is 10.5. The molecule has 0 amide bonds. The molecular formula is C15H13FN2O. The van der Waals surface area contributed by atoms with E-state index in [0.717, 1.165) is 11.3 Å². The van der Waals surface area contributed by atoms with Gasteiger partial charge in [-0.25, -0.2) is 4.39 Å². The van der Waals surface area contributed by atoms with Crippen molar-refractivity contribution in [3.05, 3.63) is 59.4 Å². The first-order valence-electron chi connectivity index (χ1n) is 5.78. The molecule has 2 aromatic rings. The lowest BCUT2D eigenvalue weighted by Crippen LogP contribution is -2.00. The molecule has 0 heterocycles. The van der Waals surface area contributed by atoms with Gasteiger partial charge in [0, 0.05) is 18.4 Å². The SMILES string of the molecule is COCc1ccccc1Nc1cccc(F)c1C#N. The molecule has 4 heteroatoms. The van der Waals surface area contributed by atoms with Gasteiger partial charge in [0.1, 0.15) is 17.4 Å². The number of methoxy groups -OCH3 is 1. The highest BCUT2D eigenvalue weighted by Crippen LogP contribution is 2.25. The van der Waals surface area contributed by atoms with Gasteiger partial charge >= 0.3 is 0 Å². The second-order valence-corrected chi connectivity index (χ2v) is 3.99. The summed E-state index contributed by atoms with van der Waals surface area (Å²) in [4.78, 5) is 0. The number of para-hydroxylation sites is 1. The summed E-state index contributed by atoms with van der Waals surface area (Å²) in [6, 6.07) is 13.9. The van der Waals surface area contributed by atoms with Crippen LogP contribution in [0.15, 0.2) is 42.5 Å². The van der Waals surface area contributed by atoms with Crippen LogP contribution in [-0.4, -0.2) is 7.11 Å². The quantitative estimate of drug-likeness (QED) is 0.909. The molecule has 2 rings (SSSR count).